The van der Waals surface area contributed by atoms with Gasteiger partial charge in [0.2, 0.25) is 6.08 Å². The summed E-state index contributed by atoms with van der Waals surface area (Å²) in [7, 11) is -3.79. The zero-order valence-corrected chi connectivity index (χ0v) is 12.7. The van der Waals surface area contributed by atoms with Crippen LogP contribution in [-0.2, 0) is 14.8 Å². The molecule has 2 aromatic rings. The van der Waals surface area contributed by atoms with Crippen LogP contribution >= 0.6 is 23.2 Å². The normalized spacial score (nSPS) is 10.8. The standard InChI is InChI=1S/C13H8Cl2N2O3S/c14-9-5-10(15)7-12(6-9)17-21(19,20)13-3-1-11(2-4-13)16-8-18/h1-7,17H. The third-order valence-electron chi connectivity index (χ3n) is 2.44. The summed E-state index contributed by atoms with van der Waals surface area (Å²) in [6.07, 6.45) is 1.38. The number of hydrogen-bond acceptors (Lipinski definition) is 4. The van der Waals surface area contributed by atoms with Crippen molar-refractivity contribution in [3.05, 3.63) is 52.5 Å². The van der Waals surface area contributed by atoms with Gasteiger partial charge in [-0.3, -0.25) is 4.72 Å². The Morgan fingerprint density at radius 3 is 2.10 bits per heavy atom. The van der Waals surface area contributed by atoms with Gasteiger partial charge in [-0.25, -0.2) is 13.2 Å². The summed E-state index contributed by atoms with van der Waals surface area (Å²) < 4.78 is 26.7. The predicted octanol–water partition coefficient (Wildman–Crippen LogP) is 3.76. The highest BCUT2D eigenvalue weighted by atomic mass is 35.5. The van der Waals surface area contributed by atoms with E-state index in [1.54, 1.807) is 0 Å². The molecule has 0 aliphatic heterocycles. The van der Waals surface area contributed by atoms with Gasteiger partial charge in [0.25, 0.3) is 10.0 Å². The molecule has 0 saturated carbocycles. The molecule has 0 amide bonds. The van der Waals surface area contributed by atoms with E-state index in [0.717, 1.165) is 0 Å². The van der Waals surface area contributed by atoms with Crippen molar-refractivity contribution in [1.82, 2.24) is 0 Å². The maximum Gasteiger partial charge on any atom is 0.261 e. The second-order valence-corrected chi connectivity index (χ2v) is 6.52. The fourth-order valence-electron chi connectivity index (χ4n) is 1.58. The Hall–Kier alpha value is -1.85. The van der Waals surface area contributed by atoms with Crippen LogP contribution in [0.25, 0.3) is 0 Å². The quantitative estimate of drug-likeness (QED) is 0.678. The molecule has 0 heterocycles. The smallest absolute Gasteiger partial charge is 0.261 e. The number of isocyanates is 1. The van der Waals surface area contributed by atoms with Crippen LogP contribution < -0.4 is 4.72 Å². The van der Waals surface area contributed by atoms with Gasteiger partial charge in [0, 0.05) is 10.0 Å². The summed E-state index contributed by atoms with van der Waals surface area (Å²) in [5, 5.41) is 0.631. The van der Waals surface area contributed by atoms with E-state index >= 15 is 0 Å². The number of aliphatic imine (C=N–C) groups is 1. The van der Waals surface area contributed by atoms with Crippen molar-refractivity contribution < 1.29 is 13.2 Å². The minimum absolute atomic E-state index is 0.0171. The van der Waals surface area contributed by atoms with E-state index in [1.165, 1.54) is 48.5 Å². The average molecular weight is 343 g/mol. The second-order valence-electron chi connectivity index (χ2n) is 3.96. The van der Waals surface area contributed by atoms with Gasteiger partial charge in [0.15, 0.2) is 0 Å². The number of rotatable bonds is 4. The highest BCUT2D eigenvalue weighted by Gasteiger charge is 2.14. The number of nitrogens with zero attached hydrogens (tertiary/aromatic N) is 1. The average Bonchev–Trinajstić information content (AvgIpc) is 2.38. The largest absolute Gasteiger partial charge is 0.280 e. The van der Waals surface area contributed by atoms with Gasteiger partial charge in [0.05, 0.1) is 16.3 Å². The van der Waals surface area contributed by atoms with Crippen LogP contribution in [0.4, 0.5) is 11.4 Å². The fraction of sp³-hybridized carbons (Fsp3) is 0. The minimum Gasteiger partial charge on any atom is -0.280 e. The fourth-order valence-corrected chi connectivity index (χ4v) is 3.15. The van der Waals surface area contributed by atoms with Crippen molar-refractivity contribution in [1.29, 1.82) is 0 Å². The zero-order valence-electron chi connectivity index (χ0n) is 10.4. The molecule has 0 bridgehead atoms. The van der Waals surface area contributed by atoms with Crippen LogP contribution in [0.2, 0.25) is 10.0 Å². The molecular weight excluding hydrogens is 335 g/mol. The number of carbonyl (C=O) groups excluding carboxylic acids is 1. The van der Waals surface area contributed by atoms with Gasteiger partial charge >= 0.3 is 0 Å². The van der Waals surface area contributed by atoms with Gasteiger partial charge in [-0.15, -0.1) is 0 Å². The molecule has 0 saturated heterocycles. The van der Waals surface area contributed by atoms with E-state index in [1.807, 2.05) is 0 Å². The molecule has 0 fully saturated rings. The van der Waals surface area contributed by atoms with Crippen LogP contribution in [0.15, 0.2) is 52.4 Å². The maximum atomic E-state index is 12.2. The van der Waals surface area contributed by atoms with E-state index in [-0.39, 0.29) is 10.6 Å². The van der Waals surface area contributed by atoms with E-state index in [2.05, 4.69) is 9.71 Å². The van der Waals surface area contributed by atoms with Crippen molar-refractivity contribution in [3.63, 3.8) is 0 Å². The van der Waals surface area contributed by atoms with Gasteiger partial charge in [0.1, 0.15) is 0 Å². The molecule has 108 valence electrons. The Bertz CT molecular complexity index is 794. The van der Waals surface area contributed by atoms with Crippen molar-refractivity contribution >= 4 is 50.7 Å². The Labute approximate surface area is 131 Å². The van der Waals surface area contributed by atoms with E-state index in [9.17, 15) is 13.2 Å². The Kier molecular flexibility index (Phi) is 4.65. The second kappa shape index (κ2) is 6.28. The van der Waals surface area contributed by atoms with Crippen molar-refractivity contribution in [2.75, 3.05) is 4.72 Å². The van der Waals surface area contributed by atoms with Crippen molar-refractivity contribution in [2.45, 2.75) is 4.90 Å². The molecule has 2 rings (SSSR count). The number of sulfonamides is 1. The van der Waals surface area contributed by atoms with Crippen molar-refractivity contribution in [3.8, 4) is 0 Å². The molecule has 0 aromatic heterocycles. The van der Waals surface area contributed by atoms with Crippen LogP contribution in [0.1, 0.15) is 0 Å². The van der Waals surface area contributed by atoms with Crippen LogP contribution in [0, 0.1) is 0 Å². The lowest BCUT2D eigenvalue weighted by molar-refractivity contribution is 0.565. The number of hydrogen-bond donors (Lipinski definition) is 1. The van der Waals surface area contributed by atoms with Crippen molar-refractivity contribution in [2.24, 2.45) is 4.99 Å². The third kappa shape index (κ3) is 4.06. The maximum absolute atomic E-state index is 12.2. The molecule has 0 aliphatic carbocycles. The molecule has 0 aliphatic rings. The molecule has 5 nitrogen and oxygen atoms in total. The summed E-state index contributed by atoms with van der Waals surface area (Å²) >= 11 is 11.6. The summed E-state index contributed by atoms with van der Waals surface area (Å²) in [6.45, 7) is 0. The van der Waals surface area contributed by atoms with Crippen LogP contribution in [0.5, 0.6) is 0 Å². The first-order valence-corrected chi connectivity index (χ1v) is 7.81. The van der Waals surface area contributed by atoms with Gasteiger partial charge < -0.3 is 0 Å². The number of benzene rings is 2. The first-order chi connectivity index (χ1) is 9.90. The topological polar surface area (TPSA) is 75.6 Å². The molecular formula is C13H8Cl2N2O3S. The van der Waals surface area contributed by atoms with Crippen LogP contribution in [-0.4, -0.2) is 14.5 Å². The van der Waals surface area contributed by atoms with Gasteiger partial charge in [-0.1, -0.05) is 23.2 Å². The molecule has 0 radical (unpaired) electrons. The van der Waals surface area contributed by atoms with Gasteiger partial charge in [-0.2, -0.15) is 4.99 Å². The third-order valence-corrected chi connectivity index (χ3v) is 4.27. The summed E-state index contributed by atoms with van der Waals surface area (Å²) in [4.78, 5) is 13.5. The lowest BCUT2D eigenvalue weighted by Gasteiger charge is -2.09. The predicted molar refractivity (Wildman–Crippen MR) is 81.5 cm³/mol. The van der Waals surface area contributed by atoms with Crippen LogP contribution in [0.3, 0.4) is 0 Å². The molecule has 8 heteroatoms. The SMILES string of the molecule is O=C=Nc1ccc(S(=O)(=O)Nc2cc(Cl)cc(Cl)c2)cc1. The summed E-state index contributed by atoms with van der Waals surface area (Å²) in [5.74, 6) is 0. The van der Waals surface area contributed by atoms with Gasteiger partial charge in [-0.05, 0) is 42.5 Å². The Morgan fingerprint density at radius 2 is 1.57 bits per heavy atom. The number of anilines is 1. The summed E-state index contributed by atoms with van der Waals surface area (Å²) in [5.41, 5.74) is 0.567. The Morgan fingerprint density at radius 1 is 1.00 bits per heavy atom. The minimum atomic E-state index is -3.79. The molecule has 0 atom stereocenters. The monoisotopic (exact) mass is 342 g/mol. The zero-order chi connectivity index (χ0) is 15.5. The summed E-state index contributed by atoms with van der Waals surface area (Å²) in [6, 6.07) is 9.81. The lowest BCUT2D eigenvalue weighted by Crippen LogP contribution is -2.12. The molecule has 2 aromatic carbocycles. The highest BCUT2D eigenvalue weighted by Crippen LogP contribution is 2.25. The molecule has 21 heavy (non-hydrogen) atoms. The first kappa shape index (κ1) is 15.5. The number of nitrogens with one attached hydrogen (secondary N) is 1. The molecule has 1 N–H and O–H groups in total. The molecule has 0 unspecified atom stereocenters. The van der Waals surface area contributed by atoms with E-state index in [0.29, 0.717) is 15.7 Å². The van der Waals surface area contributed by atoms with E-state index in [4.69, 9.17) is 23.2 Å². The Balaban J connectivity index is 2.31. The lowest BCUT2D eigenvalue weighted by atomic mass is 10.3. The molecule has 0 spiro atoms. The van der Waals surface area contributed by atoms with E-state index < -0.39 is 10.0 Å². The highest BCUT2D eigenvalue weighted by molar-refractivity contribution is 7.92. The first-order valence-electron chi connectivity index (χ1n) is 5.57. The number of halogens is 2.